The number of carbonyl (C=O) groups is 1. The van der Waals surface area contributed by atoms with Gasteiger partial charge in [0.05, 0.1) is 11.9 Å². The average molecular weight is 229 g/mol. The van der Waals surface area contributed by atoms with E-state index < -0.39 is 0 Å². The highest BCUT2D eigenvalue weighted by molar-refractivity contribution is 5.74. The topological polar surface area (TPSA) is 78.1 Å². The van der Waals surface area contributed by atoms with E-state index in [0.29, 0.717) is 22.8 Å². The molecule has 5 nitrogen and oxygen atoms in total. The number of hydrogen-bond donors (Lipinski definition) is 1. The van der Waals surface area contributed by atoms with Gasteiger partial charge in [0, 0.05) is 5.56 Å². The molecule has 0 aliphatic heterocycles. The Morgan fingerprint density at radius 2 is 2.00 bits per heavy atom. The molecule has 0 aliphatic carbocycles. The van der Waals surface area contributed by atoms with E-state index in [2.05, 4.69) is 9.97 Å². The Labute approximate surface area is 98.3 Å². The van der Waals surface area contributed by atoms with Gasteiger partial charge >= 0.3 is 0 Å². The number of aldehydes is 1. The number of ether oxygens (including phenoxy) is 1. The minimum Gasteiger partial charge on any atom is -0.454 e. The van der Waals surface area contributed by atoms with Crippen LogP contribution in [0.5, 0.6) is 11.5 Å². The van der Waals surface area contributed by atoms with Gasteiger partial charge in [-0.3, -0.25) is 4.79 Å². The van der Waals surface area contributed by atoms with Crippen LogP contribution in [0.4, 0.5) is 5.95 Å². The van der Waals surface area contributed by atoms with Gasteiger partial charge in [-0.05, 0) is 31.2 Å². The van der Waals surface area contributed by atoms with E-state index in [-0.39, 0.29) is 5.95 Å². The molecule has 0 aliphatic rings. The van der Waals surface area contributed by atoms with Crippen molar-refractivity contribution >= 4 is 12.2 Å². The van der Waals surface area contributed by atoms with Gasteiger partial charge in [0.1, 0.15) is 12.0 Å². The molecule has 0 unspecified atom stereocenters. The highest BCUT2D eigenvalue weighted by Gasteiger charge is 2.04. The number of rotatable bonds is 3. The van der Waals surface area contributed by atoms with Gasteiger partial charge in [-0.25, -0.2) is 9.97 Å². The Balaban J connectivity index is 2.22. The van der Waals surface area contributed by atoms with E-state index in [1.807, 2.05) is 0 Å². The number of aryl methyl sites for hydroxylation is 1. The van der Waals surface area contributed by atoms with Crippen LogP contribution in [-0.2, 0) is 0 Å². The fraction of sp³-hybridized carbons (Fsp3) is 0.0833. The number of nitrogens with zero attached hydrogens (tertiary/aromatic N) is 2. The number of nitrogen functional groups attached to an aromatic ring is 1. The predicted molar refractivity (Wildman–Crippen MR) is 63.1 cm³/mol. The smallest absolute Gasteiger partial charge is 0.220 e. The molecule has 1 aromatic carbocycles. The van der Waals surface area contributed by atoms with Crippen molar-refractivity contribution < 1.29 is 9.53 Å². The van der Waals surface area contributed by atoms with Crippen LogP contribution in [0.3, 0.4) is 0 Å². The van der Waals surface area contributed by atoms with E-state index in [9.17, 15) is 4.79 Å². The van der Waals surface area contributed by atoms with Gasteiger partial charge in [0.25, 0.3) is 0 Å². The minimum atomic E-state index is 0.214. The van der Waals surface area contributed by atoms with Crippen LogP contribution in [0, 0.1) is 6.92 Å². The van der Waals surface area contributed by atoms with Crippen LogP contribution >= 0.6 is 0 Å². The molecule has 2 N–H and O–H groups in total. The maximum atomic E-state index is 10.5. The van der Waals surface area contributed by atoms with E-state index in [1.165, 1.54) is 6.20 Å². The quantitative estimate of drug-likeness (QED) is 0.814. The van der Waals surface area contributed by atoms with E-state index >= 15 is 0 Å². The van der Waals surface area contributed by atoms with Crippen molar-refractivity contribution in [3.63, 3.8) is 0 Å². The molecule has 1 heterocycles. The molecular formula is C12H11N3O2. The molecule has 0 saturated carbocycles. The monoisotopic (exact) mass is 229 g/mol. The first-order chi connectivity index (χ1) is 8.19. The maximum Gasteiger partial charge on any atom is 0.220 e. The first kappa shape index (κ1) is 11.1. The van der Waals surface area contributed by atoms with Crippen molar-refractivity contribution in [3.8, 4) is 11.5 Å². The Kier molecular flexibility index (Phi) is 3.00. The first-order valence-corrected chi connectivity index (χ1v) is 5.01. The molecule has 0 bridgehead atoms. The van der Waals surface area contributed by atoms with Crippen molar-refractivity contribution in [1.29, 1.82) is 0 Å². The Bertz CT molecular complexity index is 538. The molecule has 0 atom stereocenters. The van der Waals surface area contributed by atoms with Gasteiger partial charge in [0.15, 0.2) is 5.75 Å². The summed E-state index contributed by atoms with van der Waals surface area (Å²) < 4.78 is 5.57. The van der Waals surface area contributed by atoms with Crippen LogP contribution in [0.25, 0.3) is 0 Å². The van der Waals surface area contributed by atoms with Gasteiger partial charge in [-0.1, -0.05) is 0 Å². The SMILES string of the molecule is Cc1nc(N)ncc1Oc1ccc(C=O)cc1. The normalized spacial score (nSPS) is 9.94. The summed E-state index contributed by atoms with van der Waals surface area (Å²) in [7, 11) is 0. The highest BCUT2D eigenvalue weighted by Crippen LogP contribution is 2.23. The molecule has 5 heteroatoms. The number of nitrogens with two attached hydrogens (primary N) is 1. The second-order valence-corrected chi connectivity index (χ2v) is 3.47. The molecule has 1 aromatic heterocycles. The summed E-state index contributed by atoms with van der Waals surface area (Å²) in [4.78, 5) is 18.3. The van der Waals surface area contributed by atoms with E-state index in [1.54, 1.807) is 31.2 Å². The number of carbonyl (C=O) groups excluding carboxylic acids is 1. The number of hydrogen-bond acceptors (Lipinski definition) is 5. The lowest BCUT2D eigenvalue weighted by molar-refractivity contribution is 0.112. The minimum absolute atomic E-state index is 0.214. The summed E-state index contributed by atoms with van der Waals surface area (Å²) >= 11 is 0. The van der Waals surface area contributed by atoms with Crippen molar-refractivity contribution in [1.82, 2.24) is 9.97 Å². The lowest BCUT2D eigenvalue weighted by atomic mass is 10.2. The second-order valence-electron chi connectivity index (χ2n) is 3.47. The summed E-state index contributed by atoms with van der Waals surface area (Å²) in [6, 6.07) is 6.77. The molecule has 86 valence electrons. The third-order valence-corrected chi connectivity index (χ3v) is 2.20. The highest BCUT2D eigenvalue weighted by atomic mass is 16.5. The molecule has 0 spiro atoms. The van der Waals surface area contributed by atoms with Gasteiger partial charge < -0.3 is 10.5 Å². The Morgan fingerprint density at radius 1 is 1.29 bits per heavy atom. The van der Waals surface area contributed by atoms with Crippen molar-refractivity contribution in [2.45, 2.75) is 6.92 Å². The van der Waals surface area contributed by atoms with Crippen LogP contribution in [0.15, 0.2) is 30.5 Å². The predicted octanol–water partition coefficient (Wildman–Crippen LogP) is 1.97. The molecule has 0 saturated heterocycles. The maximum absolute atomic E-state index is 10.5. The number of benzene rings is 1. The second kappa shape index (κ2) is 4.61. The average Bonchev–Trinajstić information content (AvgIpc) is 2.34. The zero-order chi connectivity index (χ0) is 12.3. The standard InChI is InChI=1S/C12H11N3O2/c1-8-11(6-14-12(13)15-8)17-10-4-2-9(7-16)3-5-10/h2-7H,1H3,(H2,13,14,15). The number of aromatic nitrogens is 2. The van der Waals surface area contributed by atoms with Crippen LogP contribution in [-0.4, -0.2) is 16.3 Å². The molecular weight excluding hydrogens is 218 g/mol. The third-order valence-electron chi connectivity index (χ3n) is 2.20. The molecule has 2 rings (SSSR count). The largest absolute Gasteiger partial charge is 0.454 e. The third kappa shape index (κ3) is 2.57. The lowest BCUT2D eigenvalue weighted by Gasteiger charge is -2.07. The zero-order valence-electron chi connectivity index (χ0n) is 9.25. The summed E-state index contributed by atoms with van der Waals surface area (Å²) in [6.45, 7) is 1.78. The van der Waals surface area contributed by atoms with Crippen LogP contribution in [0.1, 0.15) is 16.1 Å². The van der Waals surface area contributed by atoms with E-state index in [4.69, 9.17) is 10.5 Å². The summed E-state index contributed by atoms with van der Waals surface area (Å²) in [5.74, 6) is 1.37. The fourth-order valence-corrected chi connectivity index (χ4v) is 1.32. The van der Waals surface area contributed by atoms with Crippen molar-refractivity contribution in [2.24, 2.45) is 0 Å². The molecule has 0 radical (unpaired) electrons. The Morgan fingerprint density at radius 3 is 2.59 bits per heavy atom. The van der Waals surface area contributed by atoms with Gasteiger partial charge in [-0.2, -0.15) is 0 Å². The van der Waals surface area contributed by atoms with Crippen molar-refractivity contribution in [3.05, 3.63) is 41.7 Å². The Hall–Kier alpha value is -2.43. The number of anilines is 1. The summed E-state index contributed by atoms with van der Waals surface area (Å²) in [5, 5.41) is 0. The lowest BCUT2D eigenvalue weighted by Crippen LogP contribution is -1.98. The van der Waals surface area contributed by atoms with Crippen LogP contribution < -0.4 is 10.5 Å². The van der Waals surface area contributed by atoms with E-state index in [0.717, 1.165) is 6.29 Å². The molecule has 0 fully saturated rings. The first-order valence-electron chi connectivity index (χ1n) is 5.01. The van der Waals surface area contributed by atoms with Gasteiger partial charge in [0.2, 0.25) is 5.95 Å². The summed E-state index contributed by atoms with van der Waals surface area (Å²) in [6.07, 6.45) is 2.30. The van der Waals surface area contributed by atoms with Crippen LogP contribution in [0.2, 0.25) is 0 Å². The molecule has 2 aromatic rings. The van der Waals surface area contributed by atoms with Crippen molar-refractivity contribution in [2.75, 3.05) is 5.73 Å². The zero-order valence-corrected chi connectivity index (χ0v) is 9.25. The summed E-state index contributed by atoms with van der Waals surface area (Å²) in [5.41, 5.74) is 6.71. The molecule has 17 heavy (non-hydrogen) atoms. The fourth-order valence-electron chi connectivity index (χ4n) is 1.32. The van der Waals surface area contributed by atoms with Gasteiger partial charge in [-0.15, -0.1) is 0 Å². The molecule has 0 amide bonds.